The second-order valence-corrected chi connectivity index (χ2v) is 7.96. The monoisotopic (exact) mass is 418 g/mol. The Morgan fingerprint density at radius 1 is 1.03 bits per heavy atom. The van der Waals surface area contributed by atoms with Gasteiger partial charge >= 0.3 is 0 Å². The van der Waals surface area contributed by atoms with Gasteiger partial charge in [-0.1, -0.05) is 12.1 Å². The molecule has 1 amide bonds. The number of ether oxygens (including phenoxy) is 2. The summed E-state index contributed by atoms with van der Waals surface area (Å²) in [6.07, 6.45) is 1.81. The van der Waals surface area contributed by atoms with E-state index in [-0.39, 0.29) is 12.5 Å². The predicted molar refractivity (Wildman–Crippen MR) is 120 cm³/mol. The maximum atomic E-state index is 11.5. The summed E-state index contributed by atoms with van der Waals surface area (Å²) in [5.41, 5.74) is 2.92. The molecule has 3 heterocycles. The van der Waals surface area contributed by atoms with E-state index in [0.29, 0.717) is 6.61 Å². The van der Waals surface area contributed by atoms with Crippen LogP contribution in [0.3, 0.4) is 0 Å². The lowest BCUT2D eigenvalue weighted by Gasteiger charge is -2.34. The van der Waals surface area contributed by atoms with E-state index in [0.717, 1.165) is 67.4 Å². The van der Waals surface area contributed by atoms with E-state index in [2.05, 4.69) is 32.2 Å². The number of piperazine rings is 1. The molecule has 0 aliphatic carbocycles. The molecule has 5 rings (SSSR count). The quantitative estimate of drug-likeness (QED) is 0.664. The van der Waals surface area contributed by atoms with Crippen LogP contribution in [0.4, 0.5) is 5.69 Å². The SMILES string of the molecule is O=C1COc2ccc(CN3CCN(CCOc4cccc5ncccc45)CC3)cc2N1. The third-order valence-corrected chi connectivity index (χ3v) is 5.82. The molecule has 1 saturated heterocycles. The maximum Gasteiger partial charge on any atom is 0.262 e. The van der Waals surface area contributed by atoms with Crippen LogP contribution < -0.4 is 14.8 Å². The Morgan fingerprint density at radius 2 is 1.90 bits per heavy atom. The average molecular weight is 418 g/mol. The van der Waals surface area contributed by atoms with E-state index in [1.807, 2.05) is 36.4 Å². The maximum absolute atomic E-state index is 11.5. The van der Waals surface area contributed by atoms with Gasteiger partial charge in [-0.2, -0.15) is 0 Å². The van der Waals surface area contributed by atoms with Gasteiger partial charge in [0.2, 0.25) is 0 Å². The van der Waals surface area contributed by atoms with Gasteiger partial charge in [0.05, 0.1) is 11.2 Å². The molecule has 0 spiro atoms. The molecule has 0 unspecified atom stereocenters. The van der Waals surface area contributed by atoms with Gasteiger partial charge < -0.3 is 14.8 Å². The molecule has 0 bridgehead atoms. The number of amides is 1. The minimum Gasteiger partial charge on any atom is -0.492 e. The van der Waals surface area contributed by atoms with Crippen LogP contribution in [0.5, 0.6) is 11.5 Å². The lowest BCUT2D eigenvalue weighted by Crippen LogP contribution is -2.47. The number of hydrogen-bond acceptors (Lipinski definition) is 6. The van der Waals surface area contributed by atoms with E-state index in [9.17, 15) is 4.79 Å². The van der Waals surface area contributed by atoms with Crippen molar-refractivity contribution in [3.8, 4) is 11.5 Å². The summed E-state index contributed by atoms with van der Waals surface area (Å²) in [5, 5.41) is 3.94. The van der Waals surface area contributed by atoms with Gasteiger partial charge in [-0.05, 0) is 42.0 Å². The highest BCUT2D eigenvalue weighted by atomic mass is 16.5. The van der Waals surface area contributed by atoms with Gasteiger partial charge in [-0.3, -0.25) is 19.6 Å². The summed E-state index contributed by atoms with van der Waals surface area (Å²) in [7, 11) is 0. The molecule has 0 atom stereocenters. The zero-order valence-corrected chi connectivity index (χ0v) is 17.4. The van der Waals surface area contributed by atoms with Crippen LogP contribution in [0.25, 0.3) is 10.9 Å². The van der Waals surface area contributed by atoms with Crippen molar-refractivity contribution in [3.63, 3.8) is 0 Å². The van der Waals surface area contributed by atoms with Gasteiger partial charge in [0.1, 0.15) is 18.1 Å². The molecule has 1 fully saturated rings. The molecule has 2 aromatic carbocycles. The number of hydrogen-bond donors (Lipinski definition) is 1. The van der Waals surface area contributed by atoms with Crippen molar-refractivity contribution in [1.29, 1.82) is 0 Å². The molecule has 31 heavy (non-hydrogen) atoms. The first kappa shape index (κ1) is 19.8. The number of anilines is 1. The zero-order valence-electron chi connectivity index (χ0n) is 17.4. The topological polar surface area (TPSA) is 66.9 Å². The number of carbonyl (C=O) groups excluding carboxylic acids is 1. The van der Waals surface area contributed by atoms with E-state index < -0.39 is 0 Å². The third-order valence-electron chi connectivity index (χ3n) is 5.82. The molecule has 2 aliphatic rings. The van der Waals surface area contributed by atoms with Gasteiger partial charge in [0.25, 0.3) is 5.91 Å². The first-order valence-electron chi connectivity index (χ1n) is 10.7. The Kier molecular flexibility index (Phi) is 5.69. The molecule has 0 saturated carbocycles. The van der Waals surface area contributed by atoms with Gasteiger partial charge in [-0.25, -0.2) is 0 Å². The lowest BCUT2D eigenvalue weighted by molar-refractivity contribution is -0.118. The second-order valence-electron chi connectivity index (χ2n) is 7.96. The van der Waals surface area contributed by atoms with Crippen LogP contribution in [0, 0.1) is 0 Å². The van der Waals surface area contributed by atoms with Gasteiger partial charge in [-0.15, -0.1) is 0 Å². The van der Waals surface area contributed by atoms with E-state index in [1.54, 1.807) is 6.20 Å². The molecule has 1 aromatic heterocycles. The van der Waals surface area contributed by atoms with Crippen LogP contribution >= 0.6 is 0 Å². The normalized spacial score (nSPS) is 17.1. The summed E-state index contributed by atoms with van der Waals surface area (Å²) >= 11 is 0. The summed E-state index contributed by atoms with van der Waals surface area (Å²) in [4.78, 5) is 20.8. The number of fused-ring (bicyclic) bond motifs is 2. The van der Waals surface area contributed by atoms with Crippen LogP contribution in [-0.4, -0.2) is 66.6 Å². The van der Waals surface area contributed by atoms with Crippen molar-refractivity contribution < 1.29 is 14.3 Å². The average Bonchev–Trinajstić information content (AvgIpc) is 2.80. The van der Waals surface area contributed by atoms with Gasteiger partial charge in [0.15, 0.2) is 6.61 Å². The first-order valence-corrected chi connectivity index (χ1v) is 10.7. The Labute approximate surface area is 181 Å². The molecule has 0 radical (unpaired) electrons. The van der Waals surface area contributed by atoms with Crippen LogP contribution in [0.15, 0.2) is 54.7 Å². The number of rotatable bonds is 6. The number of aromatic nitrogens is 1. The second kappa shape index (κ2) is 8.91. The van der Waals surface area contributed by atoms with E-state index in [4.69, 9.17) is 9.47 Å². The summed E-state index contributed by atoms with van der Waals surface area (Å²) < 4.78 is 11.5. The predicted octanol–water partition coefficient (Wildman–Crippen LogP) is 2.76. The minimum atomic E-state index is -0.0970. The highest BCUT2D eigenvalue weighted by Gasteiger charge is 2.19. The first-order chi connectivity index (χ1) is 15.2. The van der Waals surface area contributed by atoms with Crippen molar-refractivity contribution in [3.05, 3.63) is 60.3 Å². The van der Waals surface area contributed by atoms with Crippen LogP contribution in [0.2, 0.25) is 0 Å². The van der Waals surface area contributed by atoms with Gasteiger partial charge in [0, 0.05) is 50.9 Å². The Morgan fingerprint density at radius 3 is 2.81 bits per heavy atom. The Bertz CT molecular complexity index is 1070. The molecule has 3 aromatic rings. The summed E-state index contributed by atoms with van der Waals surface area (Å²) in [6.45, 7) is 6.60. The number of nitrogens with one attached hydrogen (secondary N) is 1. The van der Waals surface area contributed by atoms with Crippen molar-refractivity contribution in [1.82, 2.24) is 14.8 Å². The van der Waals surface area contributed by atoms with Crippen LogP contribution in [-0.2, 0) is 11.3 Å². The Hall–Kier alpha value is -3.16. The van der Waals surface area contributed by atoms with Crippen LogP contribution in [0.1, 0.15) is 5.56 Å². The van der Waals surface area contributed by atoms with Crippen molar-refractivity contribution in [2.75, 3.05) is 51.3 Å². The summed E-state index contributed by atoms with van der Waals surface area (Å²) in [5.74, 6) is 1.54. The number of benzene rings is 2. The molecular formula is C24H26N4O3. The highest BCUT2D eigenvalue weighted by molar-refractivity contribution is 5.95. The highest BCUT2D eigenvalue weighted by Crippen LogP contribution is 2.29. The number of carbonyl (C=O) groups is 1. The fourth-order valence-electron chi connectivity index (χ4n) is 4.14. The zero-order chi connectivity index (χ0) is 21.0. The number of pyridine rings is 1. The summed E-state index contributed by atoms with van der Waals surface area (Å²) in [6, 6.07) is 16.0. The van der Waals surface area contributed by atoms with Crippen molar-refractivity contribution in [2.45, 2.75) is 6.54 Å². The molecule has 7 nitrogen and oxygen atoms in total. The number of nitrogens with zero attached hydrogens (tertiary/aromatic N) is 3. The molecule has 160 valence electrons. The smallest absolute Gasteiger partial charge is 0.262 e. The van der Waals surface area contributed by atoms with E-state index in [1.165, 1.54) is 5.56 Å². The fourth-order valence-corrected chi connectivity index (χ4v) is 4.14. The third kappa shape index (κ3) is 4.62. The molecular weight excluding hydrogens is 392 g/mol. The Balaban J connectivity index is 1.09. The van der Waals surface area contributed by atoms with Crippen molar-refractivity contribution in [2.24, 2.45) is 0 Å². The largest absolute Gasteiger partial charge is 0.492 e. The van der Waals surface area contributed by atoms with E-state index >= 15 is 0 Å². The minimum absolute atomic E-state index is 0.0927. The fraction of sp³-hybridized carbons (Fsp3) is 0.333. The standard InChI is InChI=1S/C24H26N4O3/c29-24-17-31-23-7-6-18(15-21(23)26-24)16-28-11-9-27(10-12-28)13-14-30-22-5-1-4-20-19(22)3-2-8-25-20/h1-8,15H,9-14,16-17H2,(H,26,29). The lowest BCUT2D eigenvalue weighted by atomic mass is 10.1. The van der Waals surface area contributed by atoms with Crippen molar-refractivity contribution >= 4 is 22.5 Å². The molecule has 1 N–H and O–H groups in total. The molecule has 2 aliphatic heterocycles. The molecule has 7 heteroatoms.